The number of hydrogen-bond acceptors (Lipinski definition) is 1. The maximum Gasteiger partial charge on any atom is 0.236 e. The quantitative estimate of drug-likeness (QED) is 0.830. The third-order valence-corrected chi connectivity index (χ3v) is 4.23. The molecule has 0 saturated carbocycles. The Hall–Kier alpha value is -1.51. The molecular formula is C15H11Cl2NO. The summed E-state index contributed by atoms with van der Waals surface area (Å²) in [6.45, 7) is 1.92. The van der Waals surface area contributed by atoms with Crippen LogP contribution in [0, 0.1) is 6.92 Å². The minimum absolute atomic E-state index is 0.0616. The molecule has 1 amide bonds. The Bertz CT molecular complexity index is 682. The van der Waals surface area contributed by atoms with E-state index in [0.29, 0.717) is 10.0 Å². The summed E-state index contributed by atoms with van der Waals surface area (Å²) in [6.07, 6.45) is 0. The summed E-state index contributed by atoms with van der Waals surface area (Å²) >= 11 is 12.4. The van der Waals surface area contributed by atoms with Gasteiger partial charge in [-0.3, -0.25) is 4.79 Å². The molecule has 1 aliphatic heterocycles. The van der Waals surface area contributed by atoms with E-state index in [4.69, 9.17) is 23.2 Å². The summed E-state index contributed by atoms with van der Waals surface area (Å²) in [6, 6.07) is 11.0. The number of hydrogen-bond donors (Lipinski definition) is 1. The summed E-state index contributed by atoms with van der Waals surface area (Å²) in [4.78, 5) is 12.2. The van der Waals surface area contributed by atoms with Gasteiger partial charge in [0.05, 0.1) is 5.92 Å². The van der Waals surface area contributed by atoms with Crippen LogP contribution in [0.15, 0.2) is 36.4 Å². The molecule has 1 atom stereocenters. The van der Waals surface area contributed by atoms with Gasteiger partial charge in [0.25, 0.3) is 0 Å². The lowest BCUT2D eigenvalue weighted by Gasteiger charge is -2.14. The van der Waals surface area contributed by atoms with Gasteiger partial charge in [-0.05, 0) is 41.8 Å². The van der Waals surface area contributed by atoms with E-state index >= 15 is 0 Å². The molecule has 1 heterocycles. The third kappa shape index (κ3) is 1.92. The lowest BCUT2D eigenvalue weighted by molar-refractivity contribution is -0.116. The summed E-state index contributed by atoms with van der Waals surface area (Å²) in [5.74, 6) is -0.448. The second kappa shape index (κ2) is 4.55. The van der Waals surface area contributed by atoms with Crippen LogP contribution in [0.1, 0.15) is 22.6 Å². The first-order chi connectivity index (χ1) is 9.09. The molecule has 1 N–H and O–H groups in total. The van der Waals surface area contributed by atoms with Gasteiger partial charge in [-0.2, -0.15) is 0 Å². The van der Waals surface area contributed by atoms with Crippen LogP contribution in [0.25, 0.3) is 0 Å². The zero-order chi connectivity index (χ0) is 13.6. The molecule has 19 heavy (non-hydrogen) atoms. The number of fused-ring (bicyclic) bond motifs is 1. The number of rotatable bonds is 1. The molecule has 2 nitrogen and oxygen atoms in total. The molecule has 2 aromatic rings. The number of carbonyl (C=O) groups is 1. The van der Waals surface area contributed by atoms with Crippen molar-refractivity contribution in [1.29, 1.82) is 0 Å². The number of carbonyl (C=O) groups excluding carboxylic acids is 1. The van der Waals surface area contributed by atoms with Crippen LogP contribution in [-0.4, -0.2) is 5.91 Å². The Kier molecular flexibility index (Phi) is 3.00. The van der Waals surface area contributed by atoms with Crippen LogP contribution in [0.2, 0.25) is 10.0 Å². The van der Waals surface area contributed by atoms with E-state index in [-0.39, 0.29) is 11.8 Å². The van der Waals surface area contributed by atoms with Gasteiger partial charge in [0.2, 0.25) is 5.91 Å². The monoisotopic (exact) mass is 291 g/mol. The summed E-state index contributed by atoms with van der Waals surface area (Å²) < 4.78 is 0. The highest BCUT2D eigenvalue weighted by atomic mass is 35.5. The second-order valence-corrected chi connectivity index (χ2v) is 5.39. The van der Waals surface area contributed by atoms with Crippen molar-refractivity contribution in [3.05, 3.63) is 63.1 Å². The molecular weight excluding hydrogens is 281 g/mol. The van der Waals surface area contributed by atoms with E-state index in [2.05, 4.69) is 5.32 Å². The van der Waals surface area contributed by atoms with Crippen LogP contribution in [-0.2, 0) is 4.79 Å². The molecule has 3 rings (SSSR count). The Morgan fingerprint density at radius 1 is 1.05 bits per heavy atom. The maximum atomic E-state index is 12.2. The second-order valence-electron chi connectivity index (χ2n) is 4.58. The van der Waals surface area contributed by atoms with E-state index in [1.165, 1.54) is 0 Å². The minimum Gasteiger partial charge on any atom is -0.325 e. The largest absolute Gasteiger partial charge is 0.325 e. The summed E-state index contributed by atoms with van der Waals surface area (Å²) in [7, 11) is 0. The van der Waals surface area contributed by atoms with Crippen molar-refractivity contribution in [3.63, 3.8) is 0 Å². The zero-order valence-corrected chi connectivity index (χ0v) is 11.7. The smallest absolute Gasteiger partial charge is 0.236 e. The first kappa shape index (κ1) is 12.5. The maximum absolute atomic E-state index is 12.2. The topological polar surface area (TPSA) is 29.1 Å². The van der Waals surface area contributed by atoms with E-state index in [9.17, 15) is 4.79 Å². The van der Waals surface area contributed by atoms with E-state index in [1.54, 1.807) is 12.1 Å². The molecule has 0 saturated heterocycles. The van der Waals surface area contributed by atoms with E-state index in [1.807, 2.05) is 31.2 Å². The fourth-order valence-electron chi connectivity index (χ4n) is 2.52. The standard InChI is InChI=1S/C15H11Cl2NO/c1-8-10(16)6-7-12-13(8)14(15(19)18-12)9-4-2-3-5-11(9)17/h2-7,14H,1H3,(H,18,19). The number of halogens is 2. The van der Waals surface area contributed by atoms with Gasteiger partial charge in [0.15, 0.2) is 0 Å². The highest BCUT2D eigenvalue weighted by Crippen LogP contribution is 2.43. The Labute approximate surface area is 121 Å². The van der Waals surface area contributed by atoms with Crippen LogP contribution in [0.4, 0.5) is 5.69 Å². The molecule has 0 bridgehead atoms. The summed E-state index contributed by atoms with van der Waals surface area (Å²) in [5, 5.41) is 4.14. The molecule has 1 aliphatic rings. The lowest BCUT2D eigenvalue weighted by Crippen LogP contribution is -2.13. The molecule has 4 heteroatoms. The number of anilines is 1. The zero-order valence-electron chi connectivity index (χ0n) is 10.2. The van der Waals surface area contributed by atoms with Crippen LogP contribution >= 0.6 is 23.2 Å². The highest BCUT2D eigenvalue weighted by Gasteiger charge is 2.34. The highest BCUT2D eigenvalue weighted by molar-refractivity contribution is 6.32. The fourth-order valence-corrected chi connectivity index (χ4v) is 2.93. The lowest BCUT2D eigenvalue weighted by atomic mass is 9.89. The molecule has 0 aromatic heterocycles. The molecule has 2 aromatic carbocycles. The van der Waals surface area contributed by atoms with Crippen molar-refractivity contribution in [2.45, 2.75) is 12.8 Å². The Balaban J connectivity index is 2.24. The average molecular weight is 292 g/mol. The summed E-state index contributed by atoms with van der Waals surface area (Å²) in [5.41, 5.74) is 3.47. The van der Waals surface area contributed by atoms with Crippen molar-refractivity contribution in [2.75, 3.05) is 5.32 Å². The van der Waals surface area contributed by atoms with Gasteiger partial charge in [-0.1, -0.05) is 41.4 Å². The van der Waals surface area contributed by atoms with Crippen LogP contribution in [0.5, 0.6) is 0 Å². The minimum atomic E-state index is -0.387. The van der Waals surface area contributed by atoms with Gasteiger partial charge in [0, 0.05) is 15.7 Å². The Morgan fingerprint density at radius 2 is 1.79 bits per heavy atom. The van der Waals surface area contributed by atoms with Gasteiger partial charge in [0.1, 0.15) is 0 Å². The normalized spacial score (nSPS) is 17.2. The van der Waals surface area contributed by atoms with Gasteiger partial charge >= 0.3 is 0 Å². The van der Waals surface area contributed by atoms with Crippen molar-refractivity contribution in [2.24, 2.45) is 0 Å². The molecule has 0 radical (unpaired) electrons. The van der Waals surface area contributed by atoms with E-state index < -0.39 is 0 Å². The van der Waals surface area contributed by atoms with Crippen LogP contribution < -0.4 is 5.32 Å². The van der Waals surface area contributed by atoms with Crippen LogP contribution in [0.3, 0.4) is 0 Å². The first-order valence-corrected chi connectivity index (χ1v) is 6.69. The fraction of sp³-hybridized carbons (Fsp3) is 0.133. The molecule has 96 valence electrons. The Morgan fingerprint density at radius 3 is 2.53 bits per heavy atom. The van der Waals surface area contributed by atoms with Crippen molar-refractivity contribution >= 4 is 34.8 Å². The van der Waals surface area contributed by atoms with Gasteiger partial charge in [-0.25, -0.2) is 0 Å². The number of nitrogens with one attached hydrogen (secondary N) is 1. The van der Waals surface area contributed by atoms with Crippen molar-refractivity contribution in [1.82, 2.24) is 0 Å². The number of benzene rings is 2. The van der Waals surface area contributed by atoms with Crippen molar-refractivity contribution in [3.8, 4) is 0 Å². The number of amides is 1. The predicted molar refractivity (Wildman–Crippen MR) is 78.1 cm³/mol. The third-order valence-electron chi connectivity index (χ3n) is 3.47. The molecule has 0 aliphatic carbocycles. The molecule has 1 unspecified atom stereocenters. The SMILES string of the molecule is Cc1c(Cl)ccc2c1C(c1ccccc1Cl)C(=O)N2. The molecule has 0 fully saturated rings. The first-order valence-electron chi connectivity index (χ1n) is 5.94. The van der Waals surface area contributed by atoms with Gasteiger partial charge in [-0.15, -0.1) is 0 Å². The van der Waals surface area contributed by atoms with E-state index in [0.717, 1.165) is 22.4 Å². The molecule has 0 spiro atoms. The van der Waals surface area contributed by atoms with Gasteiger partial charge < -0.3 is 5.32 Å². The predicted octanol–water partition coefficient (Wildman–Crippen LogP) is 4.39. The average Bonchev–Trinajstić information content (AvgIpc) is 2.72. The van der Waals surface area contributed by atoms with Crippen molar-refractivity contribution < 1.29 is 4.79 Å².